The Kier molecular flexibility index (Phi) is 6.23. The maximum Gasteiger partial charge on any atom is -0.00112 e. The number of rotatable bonds is 11. The molecule has 35 heavy (non-hydrogen) atoms. The second-order valence-electron chi connectivity index (χ2n) is 10.8. The van der Waals surface area contributed by atoms with Gasteiger partial charge in [0.2, 0.25) is 0 Å². The van der Waals surface area contributed by atoms with E-state index in [-0.39, 0.29) is 0 Å². The summed E-state index contributed by atoms with van der Waals surface area (Å²) in [7, 11) is 0. The van der Waals surface area contributed by atoms with Crippen molar-refractivity contribution in [3.05, 3.63) is 72.3 Å². The van der Waals surface area contributed by atoms with E-state index in [1.807, 2.05) is 0 Å². The minimum atomic E-state index is 0.658. The zero-order chi connectivity index (χ0) is 23.8. The average molecular weight is 459 g/mol. The molecule has 0 aromatic heterocycles. The van der Waals surface area contributed by atoms with Gasteiger partial charge in [0.1, 0.15) is 0 Å². The van der Waals surface area contributed by atoms with E-state index in [2.05, 4.69) is 80.6 Å². The molecule has 0 unspecified atom stereocenters. The highest BCUT2D eigenvalue weighted by Crippen LogP contribution is 2.47. The molecule has 0 amide bonds. The molecular formula is C35H38. The molecule has 6 aromatic carbocycles. The van der Waals surface area contributed by atoms with Gasteiger partial charge in [-0.3, -0.25) is 0 Å². The predicted molar refractivity (Wildman–Crippen MR) is 157 cm³/mol. The Hall–Kier alpha value is -2.86. The van der Waals surface area contributed by atoms with Gasteiger partial charge in [-0.2, -0.15) is 0 Å². The van der Waals surface area contributed by atoms with Crippen molar-refractivity contribution in [2.45, 2.75) is 84.0 Å². The number of hydrogen-bond donors (Lipinski definition) is 0. The molecule has 0 saturated heterocycles. The normalized spacial score (nSPS) is 12.5. The van der Waals surface area contributed by atoms with Gasteiger partial charge in [-0.05, 0) is 78.2 Å². The largest absolute Gasteiger partial charge is 0.0654 e. The van der Waals surface area contributed by atoms with E-state index >= 15 is 0 Å². The van der Waals surface area contributed by atoms with Crippen molar-refractivity contribution < 1.29 is 0 Å². The highest BCUT2D eigenvalue weighted by Gasteiger charge is 2.22. The SMILES string of the molecule is CCCCCCC(CCCCCC)c1cc2ccc3cccc4c5cccc6ccc1c(c65)c2c34. The van der Waals surface area contributed by atoms with Crippen molar-refractivity contribution in [3.8, 4) is 0 Å². The third-order valence-electron chi connectivity index (χ3n) is 8.54. The summed E-state index contributed by atoms with van der Waals surface area (Å²) in [6.45, 7) is 4.64. The predicted octanol–water partition coefficient (Wildman–Crippen LogP) is 11.4. The van der Waals surface area contributed by atoms with Gasteiger partial charge in [0.25, 0.3) is 0 Å². The molecule has 0 spiro atoms. The topological polar surface area (TPSA) is 0 Å². The summed E-state index contributed by atoms with van der Waals surface area (Å²) in [6.07, 6.45) is 13.4. The van der Waals surface area contributed by atoms with Gasteiger partial charge < -0.3 is 0 Å². The standard InChI is InChI=1S/C35H38/c1-3-5-7-9-13-24(14-10-8-6-4-2)31-23-27-20-19-25-15-11-17-28-29-18-12-16-26-21-22-30(31)35(33(26)29)34(27)32(25)28/h11-12,15-24H,3-10,13-14H2,1-2H3. The van der Waals surface area contributed by atoms with E-state index in [1.165, 1.54) is 118 Å². The molecule has 0 aliphatic heterocycles. The van der Waals surface area contributed by atoms with E-state index in [0.29, 0.717) is 5.92 Å². The van der Waals surface area contributed by atoms with Crippen molar-refractivity contribution >= 4 is 53.9 Å². The quantitative estimate of drug-likeness (QED) is 0.103. The number of benzene rings is 6. The number of hydrogen-bond acceptors (Lipinski definition) is 0. The average Bonchev–Trinajstić information content (AvgIpc) is 2.90. The van der Waals surface area contributed by atoms with Gasteiger partial charge in [0.05, 0.1) is 0 Å². The molecule has 0 heteroatoms. The summed E-state index contributed by atoms with van der Waals surface area (Å²) in [5, 5.41) is 14.4. The molecule has 0 saturated carbocycles. The van der Waals surface area contributed by atoms with Crippen LogP contribution in [0.4, 0.5) is 0 Å². The summed E-state index contributed by atoms with van der Waals surface area (Å²) in [5.74, 6) is 0.658. The second-order valence-corrected chi connectivity index (χ2v) is 10.8. The Morgan fingerprint density at radius 2 is 1.06 bits per heavy atom. The van der Waals surface area contributed by atoms with Crippen molar-refractivity contribution in [3.63, 3.8) is 0 Å². The van der Waals surface area contributed by atoms with Crippen molar-refractivity contribution in [2.75, 3.05) is 0 Å². The van der Waals surface area contributed by atoms with Crippen molar-refractivity contribution in [1.82, 2.24) is 0 Å². The lowest BCUT2D eigenvalue weighted by molar-refractivity contribution is 0.499. The summed E-state index contributed by atoms with van der Waals surface area (Å²) < 4.78 is 0. The van der Waals surface area contributed by atoms with Gasteiger partial charge in [-0.25, -0.2) is 0 Å². The lowest BCUT2D eigenvalue weighted by Gasteiger charge is -2.24. The summed E-state index contributed by atoms with van der Waals surface area (Å²) in [5.41, 5.74) is 1.61. The lowest BCUT2D eigenvalue weighted by atomic mass is 9.80. The first kappa shape index (κ1) is 22.6. The van der Waals surface area contributed by atoms with Crippen LogP contribution in [-0.4, -0.2) is 0 Å². The maximum atomic E-state index is 2.58. The molecule has 0 aliphatic rings. The van der Waals surface area contributed by atoms with E-state index < -0.39 is 0 Å². The second kappa shape index (κ2) is 9.65. The number of unbranched alkanes of at least 4 members (excludes halogenated alkanes) is 6. The smallest absolute Gasteiger partial charge is 0.00112 e. The Balaban J connectivity index is 1.59. The third-order valence-corrected chi connectivity index (χ3v) is 8.54. The molecule has 0 heterocycles. The first-order valence-electron chi connectivity index (χ1n) is 14.2. The van der Waals surface area contributed by atoms with Crippen LogP contribution in [-0.2, 0) is 0 Å². The molecule has 0 nitrogen and oxygen atoms in total. The van der Waals surface area contributed by atoms with E-state index in [4.69, 9.17) is 0 Å². The minimum Gasteiger partial charge on any atom is -0.0654 e. The first-order chi connectivity index (χ1) is 17.3. The van der Waals surface area contributed by atoms with Crippen LogP contribution in [0.1, 0.15) is 89.5 Å². The monoisotopic (exact) mass is 458 g/mol. The van der Waals surface area contributed by atoms with Gasteiger partial charge in [0.15, 0.2) is 0 Å². The van der Waals surface area contributed by atoms with E-state index in [9.17, 15) is 0 Å². The molecule has 0 N–H and O–H groups in total. The Labute approximate surface area is 210 Å². The van der Waals surface area contributed by atoms with Crippen LogP contribution in [0.15, 0.2) is 66.7 Å². The highest BCUT2D eigenvalue weighted by atomic mass is 14.2. The fourth-order valence-corrected chi connectivity index (χ4v) is 6.79. The van der Waals surface area contributed by atoms with Crippen LogP contribution in [0, 0.1) is 0 Å². The number of fused-ring (bicyclic) bond motifs is 1. The Bertz CT molecular complexity index is 1560. The molecule has 6 aromatic rings. The summed E-state index contributed by atoms with van der Waals surface area (Å²) in [6, 6.07) is 25.9. The van der Waals surface area contributed by atoms with Crippen LogP contribution in [0.3, 0.4) is 0 Å². The first-order valence-corrected chi connectivity index (χ1v) is 14.2. The van der Waals surface area contributed by atoms with Gasteiger partial charge in [0, 0.05) is 0 Å². The fraction of sp³-hybridized carbons (Fsp3) is 0.371. The van der Waals surface area contributed by atoms with Crippen LogP contribution in [0.2, 0.25) is 0 Å². The van der Waals surface area contributed by atoms with Gasteiger partial charge in [-0.1, -0.05) is 132 Å². The molecule has 178 valence electrons. The Morgan fingerprint density at radius 1 is 0.486 bits per heavy atom. The molecule has 0 aliphatic carbocycles. The summed E-state index contributed by atoms with van der Waals surface area (Å²) >= 11 is 0. The third kappa shape index (κ3) is 3.83. The molecular weight excluding hydrogens is 420 g/mol. The molecule has 0 fully saturated rings. The zero-order valence-electron chi connectivity index (χ0n) is 21.5. The van der Waals surface area contributed by atoms with Crippen LogP contribution in [0.25, 0.3) is 53.9 Å². The van der Waals surface area contributed by atoms with E-state index in [0.717, 1.165) is 0 Å². The van der Waals surface area contributed by atoms with Crippen LogP contribution < -0.4 is 0 Å². The molecule has 0 bridgehead atoms. The van der Waals surface area contributed by atoms with Gasteiger partial charge >= 0.3 is 0 Å². The van der Waals surface area contributed by atoms with Crippen LogP contribution >= 0.6 is 0 Å². The highest BCUT2D eigenvalue weighted by molar-refractivity contribution is 6.40. The van der Waals surface area contributed by atoms with Gasteiger partial charge in [-0.15, -0.1) is 0 Å². The van der Waals surface area contributed by atoms with Crippen molar-refractivity contribution in [1.29, 1.82) is 0 Å². The minimum absolute atomic E-state index is 0.658. The van der Waals surface area contributed by atoms with Crippen LogP contribution in [0.5, 0.6) is 0 Å². The fourth-order valence-electron chi connectivity index (χ4n) is 6.79. The zero-order valence-corrected chi connectivity index (χ0v) is 21.5. The lowest BCUT2D eigenvalue weighted by Crippen LogP contribution is -2.02. The maximum absolute atomic E-state index is 2.58. The van der Waals surface area contributed by atoms with E-state index in [1.54, 1.807) is 5.56 Å². The molecule has 0 radical (unpaired) electrons. The van der Waals surface area contributed by atoms with Crippen molar-refractivity contribution in [2.24, 2.45) is 0 Å². The molecule has 0 atom stereocenters. The Morgan fingerprint density at radius 3 is 1.69 bits per heavy atom. The summed E-state index contributed by atoms with van der Waals surface area (Å²) in [4.78, 5) is 0. The molecule has 6 rings (SSSR count).